The van der Waals surface area contributed by atoms with Gasteiger partial charge in [0.25, 0.3) is 0 Å². The molecular weight excluding hydrogens is 556 g/mol. The van der Waals surface area contributed by atoms with Crippen LogP contribution < -0.4 is 10.1 Å². The first-order chi connectivity index (χ1) is 18.2. The van der Waals surface area contributed by atoms with E-state index in [1.165, 1.54) is 4.90 Å². The van der Waals surface area contributed by atoms with E-state index in [0.717, 1.165) is 64.3 Å². The van der Waals surface area contributed by atoms with Gasteiger partial charge in [0, 0.05) is 52.4 Å². The van der Waals surface area contributed by atoms with E-state index < -0.39 is 0 Å². The van der Waals surface area contributed by atoms with E-state index in [1.54, 1.807) is 30.4 Å². The Morgan fingerprint density at radius 3 is 2.72 bits per heavy atom. The van der Waals surface area contributed by atoms with E-state index in [4.69, 9.17) is 26.3 Å². The summed E-state index contributed by atoms with van der Waals surface area (Å²) >= 11 is 9.41. The lowest BCUT2D eigenvalue weighted by molar-refractivity contribution is 0.355. The third-order valence-corrected chi connectivity index (χ3v) is 8.37. The van der Waals surface area contributed by atoms with Crippen LogP contribution >= 0.6 is 34.9 Å². The van der Waals surface area contributed by atoms with E-state index in [2.05, 4.69) is 31.1 Å². The van der Waals surface area contributed by atoms with Gasteiger partial charge in [0.05, 0.1) is 12.8 Å². The van der Waals surface area contributed by atoms with Crippen molar-refractivity contribution in [2.24, 2.45) is 0 Å². The topological polar surface area (TPSA) is 131 Å². The number of thiazole rings is 1. The Labute approximate surface area is 239 Å². The lowest BCUT2D eigenvalue weighted by atomic mass is 10.1. The van der Waals surface area contributed by atoms with Crippen molar-refractivity contribution in [2.75, 3.05) is 25.5 Å². The molecule has 12 heteroatoms. The first-order valence-corrected chi connectivity index (χ1v) is 14.1. The van der Waals surface area contributed by atoms with E-state index in [9.17, 15) is 0 Å². The number of methoxy groups -OCH3 is 1. The van der Waals surface area contributed by atoms with Crippen molar-refractivity contribution in [3.8, 4) is 28.4 Å². The van der Waals surface area contributed by atoms with Crippen LogP contribution in [0.25, 0.3) is 27.6 Å². The molecule has 1 aliphatic heterocycles. The highest BCUT2D eigenvalue weighted by molar-refractivity contribution is 7.97. The molecule has 5 N–H and O–H groups in total. The highest BCUT2D eigenvalue weighted by atomic mass is 35.5. The molecule has 0 aliphatic carbocycles. The molecule has 1 fully saturated rings. The number of benzene rings is 2. The van der Waals surface area contributed by atoms with Crippen LogP contribution in [0.4, 0.5) is 5.95 Å². The predicted octanol–water partition coefficient (Wildman–Crippen LogP) is 5.12. The zero-order valence-corrected chi connectivity index (χ0v) is 23.6. The highest BCUT2D eigenvalue weighted by Crippen LogP contribution is 2.38. The van der Waals surface area contributed by atoms with Crippen molar-refractivity contribution in [1.82, 2.24) is 23.7 Å². The van der Waals surface area contributed by atoms with Gasteiger partial charge in [-0.25, -0.2) is 19.3 Å². The van der Waals surface area contributed by atoms with Crippen LogP contribution in [-0.2, 0) is 0 Å². The van der Waals surface area contributed by atoms with Crippen LogP contribution in [0.5, 0.6) is 5.75 Å². The average molecular weight is 585 g/mol. The Bertz CT molecular complexity index is 1530. The van der Waals surface area contributed by atoms with Crippen molar-refractivity contribution in [2.45, 2.75) is 23.8 Å². The molecule has 39 heavy (non-hydrogen) atoms. The average Bonchev–Trinajstić information content (AvgIpc) is 3.52. The molecule has 4 heterocycles. The zero-order chi connectivity index (χ0) is 25.2. The number of rotatable bonds is 7. The lowest BCUT2D eigenvalue weighted by Crippen LogP contribution is -2.38. The lowest BCUT2D eigenvalue weighted by Gasteiger charge is -2.32. The molecule has 6 rings (SSSR count). The maximum absolute atomic E-state index is 6.05. The molecule has 0 radical (unpaired) electrons. The molecule has 0 saturated carbocycles. The summed E-state index contributed by atoms with van der Waals surface area (Å²) in [5, 5.41) is 6.37. The second-order valence-electron chi connectivity index (χ2n) is 8.75. The SMILES string of the molecule is COc1ccccc1-c1nc2sccn2c1-c1ccnc(N[C@@H]2CCCN(Sc3ccc(Cl)cc3)C2)n1.O.O. The fraction of sp³-hybridized carbons (Fsp3) is 0.222. The summed E-state index contributed by atoms with van der Waals surface area (Å²) in [5.74, 6) is 1.40. The Kier molecular flexibility index (Phi) is 9.44. The molecule has 0 unspecified atom stereocenters. The summed E-state index contributed by atoms with van der Waals surface area (Å²) in [6.07, 6.45) is 6.02. The molecule has 0 bridgehead atoms. The molecule has 1 atom stereocenters. The first kappa shape index (κ1) is 28.8. The standard InChI is InChI=1S/C27H25ClN6OS2.2H2O/c1-35-23-7-3-2-6-21(23)24-25(34-15-16-36-27(34)32-24)22-12-13-29-26(31-22)30-19-5-4-14-33(17-19)37-20-10-8-18(28)9-11-20;;/h2-3,6-13,15-16,19H,4-5,14,17H2,1H3,(H,29,30,31);2*1H2/t19-;;/m1../s1. The van der Waals surface area contributed by atoms with Gasteiger partial charge in [-0.3, -0.25) is 4.40 Å². The number of ether oxygens (including phenoxy) is 1. The number of nitrogens with one attached hydrogen (secondary N) is 1. The Morgan fingerprint density at radius 1 is 1.08 bits per heavy atom. The van der Waals surface area contributed by atoms with E-state index in [-0.39, 0.29) is 17.0 Å². The monoisotopic (exact) mass is 584 g/mol. The van der Waals surface area contributed by atoms with Gasteiger partial charge < -0.3 is 21.0 Å². The molecule has 5 aromatic rings. The van der Waals surface area contributed by atoms with Crippen molar-refractivity contribution < 1.29 is 15.7 Å². The zero-order valence-electron chi connectivity index (χ0n) is 21.2. The van der Waals surface area contributed by atoms with Crippen LogP contribution in [-0.4, -0.2) is 60.9 Å². The van der Waals surface area contributed by atoms with Gasteiger partial charge in [0.2, 0.25) is 5.95 Å². The summed E-state index contributed by atoms with van der Waals surface area (Å²) in [6, 6.07) is 18.1. The number of fused-ring (bicyclic) bond motifs is 1. The van der Waals surface area contributed by atoms with Gasteiger partial charge in [-0.1, -0.05) is 23.7 Å². The van der Waals surface area contributed by atoms with Gasteiger partial charge in [0.15, 0.2) is 4.96 Å². The van der Waals surface area contributed by atoms with E-state index >= 15 is 0 Å². The van der Waals surface area contributed by atoms with Crippen molar-refractivity contribution in [3.05, 3.63) is 77.4 Å². The fourth-order valence-corrected chi connectivity index (χ4v) is 6.46. The van der Waals surface area contributed by atoms with Crippen LogP contribution in [0.1, 0.15) is 12.8 Å². The molecule has 1 aliphatic rings. The van der Waals surface area contributed by atoms with Crippen LogP contribution in [0, 0.1) is 0 Å². The van der Waals surface area contributed by atoms with Gasteiger partial charge >= 0.3 is 0 Å². The summed E-state index contributed by atoms with van der Waals surface area (Å²) in [5.41, 5.74) is 3.52. The fourth-order valence-electron chi connectivity index (χ4n) is 4.59. The highest BCUT2D eigenvalue weighted by Gasteiger charge is 2.23. The normalized spacial score (nSPS) is 15.4. The second kappa shape index (κ2) is 12.8. The van der Waals surface area contributed by atoms with E-state index in [1.807, 2.05) is 60.2 Å². The molecule has 0 amide bonds. The van der Waals surface area contributed by atoms with Crippen molar-refractivity contribution in [1.29, 1.82) is 0 Å². The summed E-state index contributed by atoms with van der Waals surface area (Å²) in [6.45, 7) is 1.94. The molecule has 9 nitrogen and oxygen atoms in total. The summed E-state index contributed by atoms with van der Waals surface area (Å²) in [4.78, 5) is 16.5. The number of piperidine rings is 1. The maximum Gasteiger partial charge on any atom is 0.223 e. The summed E-state index contributed by atoms with van der Waals surface area (Å²) in [7, 11) is 1.68. The van der Waals surface area contributed by atoms with Crippen LogP contribution in [0.3, 0.4) is 0 Å². The minimum Gasteiger partial charge on any atom is -0.496 e. The van der Waals surface area contributed by atoms with Gasteiger partial charge in [-0.2, -0.15) is 0 Å². The number of aromatic nitrogens is 4. The first-order valence-electron chi connectivity index (χ1n) is 12.1. The number of nitrogens with zero attached hydrogens (tertiary/aromatic N) is 5. The Morgan fingerprint density at radius 2 is 1.90 bits per heavy atom. The molecular formula is C27H29ClN6O3S2. The number of halogens is 1. The minimum absolute atomic E-state index is 0. The van der Waals surface area contributed by atoms with Gasteiger partial charge in [-0.15, -0.1) is 11.3 Å². The molecule has 0 spiro atoms. The van der Waals surface area contributed by atoms with Crippen molar-refractivity contribution in [3.63, 3.8) is 0 Å². The number of para-hydroxylation sites is 1. The van der Waals surface area contributed by atoms with Crippen LogP contribution in [0.2, 0.25) is 5.02 Å². The van der Waals surface area contributed by atoms with Crippen LogP contribution in [0.15, 0.2) is 77.3 Å². The number of hydrogen-bond donors (Lipinski definition) is 1. The van der Waals surface area contributed by atoms with Gasteiger partial charge in [0.1, 0.15) is 17.1 Å². The van der Waals surface area contributed by atoms with E-state index in [0.29, 0.717) is 5.95 Å². The summed E-state index contributed by atoms with van der Waals surface area (Å²) < 4.78 is 10.1. The second-order valence-corrected chi connectivity index (χ2v) is 11.2. The number of hydrogen-bond acceptors (Lipinski definition) is 8. The molecule has 204 valence electrons. The molecule has 3 aromatic heterocycles. The smallest absolute Gasteiger partial charge is 0.223 e. The molecule has 1 saturated heterocycles. The van der Waals surface area contributed by atoms with Crippen molar-refractivity contribution >= 4 is 45.8 Å². The quantitative estimate of drug-likeness (QED) is 0.263. The third-order valence-electron chi connectivity index (χ3n) is 6.29. The largest absolute Gasteiger partial charge is 0.496 e. The number of imidazole rings is 1. The third kappa shape index (κ3) is 6.19. The van der Waals surface area contributed by atoms with Gasteiger partial charge in [-0.05, 0) is 67.3 Å². The number of anilines is 1. The Balaban J connectivity index is 0.00000176. The molecule has 2 aromatic carbocycles. The Hall–Kier alpha value is -3.19. The minimum atomic E-state index is 0. The maximum atomic E-state index is 6.05. The predicted molar refractivity (Wildman–Crippen MR) is 159 cm³/mol.